The molecule has 1 aromatic carbocycles. The Morgan fingerprint density at radius 2 is 1.67 bits per heavy atom. The van der Waals surface area contributed by atoms with Crippen LogP contribution in [0.4, 0.5) is 10.5 Å². The predicted octanol–water partition coefficient (Wildman–Crippen LogP) is 4.16. The van der Waals surface area contributed by atoms with Crippen molar-refractivity contribution in [1.82, 2.24) is 0 Å². The van der Waals surface area contributed by atoms with Crippen LogP contribution in [0, 0.1) is 0 Å². The maximum atomic E-state index is 11.8. The van der Waals surface area contributed by atoms with E-state index in [4.69, 9.17) is 4.74 Å². The number of ether oxygens (including phenoxy) is 1. The zero-order valence-corrected chi connectivity index (χ0v) is 12.0. The van der Waals surface area contributed by atoms with Crippen molar-refractivity contribution in [2.45, 2.75) is 53.1 Å². The zero-order valence-electron chi connectivity index (χ0n) is 12.0. The van der Waals surface area contributed by atoms with Crippen molar-refractivity contribution in [3.05, 3.63) is 29.3 Å². The van der Waals surface area contributed by atoms with Gasteiger partial charge in [0, 0.05) is 0 Å². The maximum Gasteiger partial charge on any atom is 0.412 e. The van der Waals surface area contributed by atoms with Crippen LogP contribution in [0.25, 0.3) is 0 Å². The van der Waals surface area contributed by atoms with Gasteiger partial charge in [0.2, 0.25) is 0 Å². The van der Waals surface area contributed by atoms with Crippen molar-refractivity contribution >= 4 is 11.8 Å². The molecule has 3 heteroatoms. The van der Waals surface area contributed by atoms with Crippen LogP contribution < -0.4 is 5.32 Å². The van der Waals surface area contributed by atoms with Crippen molar-refractivity contribution in [2.75, 3.05) is 5.32 Å². The summed E-state index contributed by atoms with van der Waals surface area (Å²) in [5.41, 5.74) is 2.70. The Bertz CT molecular complexity index is 397. The average molecular weight is 249 g/mol. The minimum atomic E-state index is -0.475. The molecule has 0 saturated heterocycles. The molecule has 0 atom stereocenters. The largest absolute Gasteiger partial charge is 0.444 e. The highest BCUT2D eigenvalue weighted by atomic mass is 16.6. The summed E-state index contributed by atoms with van der Waals surface area (Å²) in [5.74, 6) is 0. The second-order valence-corrected chi connectivity index (χ2v) is 5.29. The molecule has 0 aromatic heterocycles. The Kier molecular flexibility index (Phi) is 4.76. The molecular weight excluding hydrogens is 226 g/mol. The van der Waals surface area contributed by atoms with Crippen LogP contribution in [0.1, 0.15) is 45.7 Å². The van der Waals surface area contributed by atoms with Gasteiger partial charge in [0.05, 0.1) is 5.69 Å². The highest BCUT2D eigenvalue weighted by Gasteiger charge is 2.18. The Labute approximate surface area is 110 Å². The third-order valence-corrected chi connectivity index (χ3v) is 2.62. The lowest BCUT2D eigenvalue weighted by Crippen LogP contribution is -2.27. The third kappa shape index (κ3) is 4.06. The lowest BCUT2D eigenvalue weighted by Gasteiger charge is -2.21. The number of amides is 1. The normalized spacial score (nSPS) is 11.2. The van der Waals surface area contributed by atoms with Crippen LogP contribution >= 0.6 is 0 Å². The number of carbonyl (C=O) groups is 1. The topological polar surface area (TPSA) is 38.3 Å². The first kappa shape index (κ1) is 14.6. The van der Waals surface area contributed by atoms with Crippen molar-refractivity contribution in [3.63, 3.8) is 0 Å². The lowest BCUT2D eigenvalue weighted by atomic mass is 10.0. The van der Waals surface area contributed by atoms with E-state index in [1.807, 2.05) is 39.0 Å². The molecule has 0 heterocycles. The fourth-order valence-electron chi connectivity index (χ4n) is 1.81. The summed E-state index contributed by atoms with van der Waals surface area (Å²) in [5, 5.41) is 2.88. The number of benzene rings is 1. The fourth-order valence-corrected chi connectivity index (χ4v) is 1.81. The average Bonchev–Trinajstić information content (AvgIpc) is 2.26. The zero-order chi connectivity index (χ0) is 13.8. The maximum absolute atomic E-state index is 11.8. The first-order chi connectivity index (χ1) is 8.37. The molecule has 0 aliphatic carbocycles. The summed E-state index contributed by atoms with van der Waals surface area (Å²) >= 11 is 0. The molecule has 0 radical (unpaired) electrons. The van der Waals surface area contributed by atoms with Crippen LogP contribution in [0.5, 0.6) is 0 Å². The van der Waals surface area contributed by atoms with Gasteiger partial charge in [-0.05, 0) is 44.7 Å². The van der Waals surface area contributed by atoms with E-state index in [9.17, 15) is 4.79 Å². The molecule has 1 N–H and O–H groups in total. The lowest BCUT2D eigenvalue weighted by molar-refractivity contribution is 0.0635. The van der Waals surface area contributed by atoms with Gasteiger partial charge in [-0.15, -0.1) is 0 Å². The van der Waals surface area contributed by atoms with Crippen LogP contribution in [0.15, 0.2) is 18.2 Å². The van der Waals surface area contributed by atoms with Crippen LogP contribution in [0.3, 0.4) is 0 Å². The molecule has 1 rings (SSSR count). The SMILES string of the molecule is CCc1cccc(CC)c1NC(=O)OC(C)(C)C. The van der Waals surface area contributed by atoms with E-state index in [0.29, 0.717) is 0 Å². The standard InChI is InChI=1S/C15H23NO2/c1-6-11-9-8-10-12(7-2)13(11)16-14(17)18-15(3,4)5/h8-10H,6-7H2,1-5H3,(H,16,17). The first-order valence-electron chi connectivity index (χ1n) is 6.48. The Hall–Kier alpha value is -1.51. The van der Waals surface area contributed by atoms with Crippen LogP contribution in [-0.2, 0) is 17.6 Å². The number of anilines is 1. The predicted molar refractivity (Wildman–Crippen MR) is 75.1 cm³/mol. The van der Waals surface area contributed by atoms with Gasteiger partial charge < -0.3 is 4.74 Å². The van der Waals surface area contributed by atoms with Gasteiger partial charge in [0.25, 0.3) is 0 Å². The first-order valence-corrected chi connectivity index (χ1v) is 6.48. The molecule has 18 heavy (non-hydrogen) atoms. The van der Waals surface area contributed by atoms with E-state index in [2.05, 4.69) is 19.2 Å². The number of rotatable bonds is 3. The molecule has 3 nitrogen and oxygen atoms in total. The molecule has 1 aromatic rings. The van der Waals surface area contributed by atoms with Gasteiger partial charge in [-0.2, -0.15) is 0 Å². The van der Waals surface area contributed by atoms with Crippen molar-refractivity contribution < 1.29 is 9.53 Å². The molecule has 1 amide bonds. The number of para-hydroxylation sites is 1. The Morgan fingerprint density at radius 3 is 2.06 bits per heavy atom. The van der Waals surface area contributed by atoms with E-state index < -0.39 is 11.7 Å². The van der Waals surface area contributed by atoms with E-state index in [1.54, 1.807) is 0 Å². The minimum Gasteiger partial charge on any atom is -0.444 e. The second-order valence-electron chi connectivity index (χ2n) is 5.29. The third-order valence-electron chi connectivity index (χ3n) is 2.62. The van der Waals surface area contributed by atoms with Gasteiger partial charge in [0.1, 0.15) is 5.60 Å². The van der Waals surface area contributed by atoms with Crippen molar-refractivity contribution in [2.24, 2.45) is 0 Å². The minimum absolute atomic E-state index is 0.391. The van der Waals surface area contributed by atoms with Gasteiger partial charge in [-0.25, -0.2) is 4.79 Å². The van der Waals surface area contributed by atoms with E-state index >= 15 is 0 Å². The van der Waals surface area contributed by atoms with E-state index in [1.165, 1.54) is 0 Å². The molecule has 0 unspecified atom stereocenters. The molecule has 0 spiro atoms. The molecule has 0 aliphatic heterocycles. The quantitative estimate of drug-likeness (QED) is 0.873. The number of nitrogens with one attached hydrogen (secondary N) is 1. The molecule has 0 bridgehead atoms. The van der Waals surface area contributed by atoms with Crippen molar-refractivity contribution in [1.29, 1.82) is 0 Å². The second kappa shape index (κ2) is 5.89. The van der Waals surface area contributed by atoms with E-state index in [0.717, 1.165) is 29.7 Å². The number of hydrogen-bond donors (Lipinski definition) is 1. The summed E-state index contributed by atoms with van der Waals surface area (Å²) in [6.07, 6.45) is 1.39. The van der Waals surface area contributed by atoms with Crippen molar-refractivity contribution in [3.8, 4) is 0 Å². The number of aryl methyl sites for hydroxylation is 2. The van der Waals surface area contributed by atoms with Gasteiger partial charge >= 0.3 is 6.09 Å². The molecular formula is C15H23NO2. The van der Waals surface area contributed by atoms with Gasteiger partial charge in [0.15, 0.2) is 0 Å². The Morgan fingerprint density at radius 1 is 1.17 bits per heavy atom. The van der Waals surface area contributed by atoms with Gasteiger partial charge in [-0.3, -0.25) is 5.32 Å². The Balaban J connectivity index is 2.92. The summed E-state index contributed by atoms with van der Waals surface area (Å²) in [6, 6.07) is 6.09. The van der Waals surface area contributed by atoms with Crippen LogP contribution in [0.2, 0.25) is 0 Å². The summed E-state index contributed by atoms with van der Waals surface area (Å²) in [7, 11) is 0. The highest BCUT2D eigenvalue weighted by molar-refractivity contribution is 5.87. The van der Waals surface area contributed by atoms with Crippen LogP contribution in [-0.4, -0.2) is 11.7 Å². The smallest absolute Gasteiger partial charge is 0.412 e. The van der Waals surface area contributed by atoms with Gasteiger partial charge in [-0.1, -0.05) is 32.0 Å². The van der Waals surface area contributed by atoms with E-state index in [-0.39, 0.29) is 0 Å². The summed E-state index contributed by atoms with van der Waals surface area (Å²) in [6.45, 7) is 9.74. The summed E-state index contributed by atoms with van der Waals surface area (Å²) < 4.78 is 5.29. The molecule has 0 fully saturated rings. The molecule has 100 valence electrons. The number of carbonyl (C=O) groups excluding carboxylic acids is 1. The molecule has 0 aliphatic rings. The fraction of sp³-hybridized carbons (Fsp3) is 0.533. The highest BCUT2D eigenvalue weighted by Crippen LogP contribution is 2.23. The summed E-state index contributed by atoms with van der Waals surface area (Å²) in [4.78, 5) is 11.8. The number of hydrogen-bond acceptors (Lipinski definition) is 2. The monoisotopic (exact) mass is 249 g/mol. The molecule has 0 saturated carbocycles.